The van der Waals surface area contributed by atoms with Gasteiger partial charge in [-0.3, -0.25) is 4.79 Å². The van der Waals surface area contributed by atoms with Gasteiger partial charge in [0.15, 0.2) is 5.78 Å². The zero-order chi connectivity index (χ0) is 14.5. The lowest BCUT2D eigenvalue weighted by molar-refractivity contribution is 0.103. The maximum absolute atomic E-state index is 12.8. The summed E-state index contributed by atoms with van der Waals surface area (Å²) < 4.78 is 24.3. The van der Waals surface area contributed by atoms with Crippen LogP contribution in [0.15, 0.2) is 48.5 Å². The number of benzene rings is 2. The fourth-order valence-corrected chi connectivity index (χ4v) is 2.58. The van der Waals surface area contributed by atoms with Gasteiger partial charge in [-0.2, -0.15) is 0 Å². The number of carbonyl (C=O) groups excluding carboxylic acids is 1. The van der Waals surface area contributed by atoms with E-state index in [2.05, 4.69) is 0 Å². The third-order valence-electron chi connectivity index (χ3n) is 2.97. The molecule has 2 rings (SSSR count). The molecule has 4 heteroatoms. The third-order valence-corrected chi connectivity index (χ3v) is 4.27. The van der Waals surface area contributed by atoms with Crippen molar-refractivity contribution in [3.63, 3.8) is 0 Å². The van der Waals surface area contributed by atoms with Crippen molar-refractivity contribution in [3.05, 3.63) is 71.0 Å². The van der Waals surface area contributed by atoms with E-state index in [0.29, 0.717) is 22.6 Å². The molecule has 104 valence electrons. The highest BCUT2D eigenvalue weighted by atomic mass is 32.2. The van der Waals surface area contributed by atoms with Crippen LogP contribution in [0, 0.1) is 5.82 Å². The van der Waals surface area contributed by atoms with Gasteiger partial charge in [0.1, 0.15) is 17.3 Å². The quantitative estimate of drug-likeness (QED) is 0.626. The maximum Gasteiger partial charge on any atom is 0.193 e. The van der Waals surface area contributed by atoms with Crippen LogP contribution in [-0.4, -0.2) is 16.1 Å². The smallest absolute Gasteiger partial charge is 0.193 e. The van der Waals surface area contributed by atoms with Gasteiger partial charge in [0.2, 0.25) is 0 Å². The number of carbonyl (C=O) groups is 1. The van der Waals surface area contributed by atoms with E-state index in [4.69, 9.17) is 0 Å². The van der Waals surface area contributed by atoms with Crippen LogP contribution in [0.4, 0.5) is 4.39 Å². The molecule has 0 amide bonds. The minimum atomic E-state index is -0.860. The minimum Gasteiger partial charge on any atom is -0.616 e. The van der Waals surface area contributed by atoms with Crippen LogP contribution in [0.3, 0.4) is 0 Å². The maximum atomic E-state index is 12.8. The number of ketones is 1. The van der Waals surface area contributed by atoms with E-state index in [1.165, 1.54) is 24.3 Å². The first-order valence-electron chi connectivity index (χ1n) is 6.34. The first-order valence-corrected chi connectivity index (χ1v) is 7.83. The zero-order valence-corrected chi connectivity index (χ0v) is 12.0. The molecule has 2 aromatic carbocycles. The highest BCUT2D eigenvalue weighted by molar-refractivity contribution is 7.90. The molecule has 0 saturated heterocycles. The highest BCUT2D eigenvalue weighted by Crippen LogP contribution is 2.13. The normalized spacial score (nSPS) is 12.2. The van der Waals surface area contributed by atoms with Gasteiger partial charge < -0.3 is 4.55 Å². The molecule has 2 nitrogen and oxygen atoms in total. The largest absolute Gasteiger partial charge is 0.616 e. The summed E-state index contributed by atoms with van der Waals surface area (Å²) in [5, 5.41) is 0. The van der Waals surface area contributed by atoms with Gasteiger partial charge in [-0.15, -0.1) is 0 Å². The number of halogens is 1. The molecular weight excluding hydrogens is 275 g/mol. The molecular formula is C16H15FO2S. The van der Waals surface area contributed by atoms with Crippen LogP contribution < -0.4 is 0 Å². The van der Waals surface area contributed by atoms with Crippen LogP contribution in [0.5, 0.6) is 0 Å². The molecule has 0 aliphatic carbocycles. The van der Waals surface area contributed by atoms with Crippen molar-refractivity contribution < 1.29 is 13.7 Å². The summed E-state index contributed by atoms with van der Waals surface area (Å²) in [4.78, 5) is 12.2. The summed E-state index contributed by atoms with van der Waals surface area (Å²) in [5.74, 6) is 0.615. The van der Waals surface area contributed by atoms with Crippen molar-refractivity contribution in [3.8, 4) is 0 Å². The second-order valence-corrected chi connectivity index (χ2v) is 6.15. The Labute approximate surface area is 120 Å². The average molecular weight is 290 g/mol. The van der Waals surface area contributed by atoms with Gasteiger partial charge in [-0.25, -0.2) is 4.39 Å². The zero-order valence-electron chi connectivity index (χ0n) is 11.1. The SMILES string of the molecule is CC[S+]([O-])Cc1ccc(C(=O)c2ccc(F)cc2)cc1. The Kier molecular flexibility index (Phi) is 4.93. The van der Waals surface area contributed by atoms with Crippen LogP contribution in [0.25, 0.3) is 0 Å². The fraction of sp³-hybridized carbons (Fsp3) is 0.188. The Morgan fingerprint density at radius 2 is 1.55 bits per heavy atom. The van der Waals surface area contributed by atoms with Crippen LogP contribution >= 0.6 is 0 Å². The molecule has 1 unspecified atom stereocenters. The van der Waals surface area contributed by atoms with E-state index in [1.807, 2.05) is 19.1 Å². The van der Waals surface area contributed by atoms with Crippen LogP contribution in [0.1, 0.15) is 28.4 Å². The van der Waals surface area contributed by atoms with Crippen molar-refractivity contribution in [2.24, 2.45) is 0 Å². The van der Waals surface area contributed by atoms with Crippen molar-refractivity contribution in [2.45, 2.75) is 12.7 Å². The van der Waals surface area contributed by atoms with E-state index in [-0.39, 0.29) is 11.6 Å². The first-order chi connectivity index (χ1) is 9.60. The molecule has 0 fully saturated rings. The molecule has 0 aromatic heterocycles. The fourth-order valence-electron chi connectivity index (χ4n) is 1.81. The Bertz CT molecular complexity index is 578. The summed E-state index contributed by atoms with van der Waals surface area (Å²) in [5.41, 5.74) is 1.94. The van der Waals surface area contributed by atoms with E-state index >= 15 is 0 Å². The van der Waals surface area contributed by atoms with Gasteiger partial charge in [-0.1, -0.05) is 24.3 Å². The third kappa shape index (κ3) is 3.68. The Morgan fingerprint density at radius 3 is 2.05 bits per heavy atom. The van der Waals surface area contributed by atoms with Crippen molar-refractivity contribution >= 4 is 17.0 Å². The predicted molar refractivity (Wildman–Crippen MR) is 78.7 cm³/mol. The summed E-state index contributed by atoms with van der Waals surface area (Å²) in [6.07, 6.45) is 0. The molecule has 0 heterocycles. The van der Waals surface area contributed by atoms with E-state index < -0.39 is 11.2 Å². The van der Waals surface area contributed by atoms with Crippen LogP contribution in [0.2, 0.25) is 0 Å². The van der Waals surface area contributed by atoms with Crippen molar-refractivity contribution in [1.82, 2.24) is 0 Å². The molecule has 0 aliphatic rings. The topological polar surface area (TPSA) is 40.1 Å². The highest BCUT2D eigenvalue weighted by Gasteiger charge is 2.10. The van der Waals surface area contributed by atoms with Crippen LogP contribution in [-0.2, 0) is 16.9 Å². The summed E-state index contributed by atoms with van der Waals surface area (Å²) >= 11 is -0.860. The Morgan fingerprint density at radius 1 is 1.05 bits per heavy atom. The standard InChI is InChI=1S/C16H15FO2S/c1-2-20(19)11-12-3-5-13(6-4-12)16(18)14-7-9-15(17)10-8-14/h3-10H,2,11H2,1H3. The van der Waals surface area contributed by atoms with E-state index in [0.717, 1.165) is 5.56 Å². The molecule has 0 aliphatic heterocycles. The van der Waals surface area contributed by atoms with Crippen molar-refractivity contribution in [1.29, 1.82) is 0 Å². The predicted octanol–water partition coefficient (Wildman–Crippen LogP) is 3.33. The molecule has 0 bridgehead atoms. The van der Waals surface area contributed by atoms with Gasteiger partial charge in [0.25, 0.3) is 0 Å². The van der Waals surface area contributed by atoms with E-state index in [1.54, 1.807) is 12.1 Å². The van der Waals surface area contributed by atoms with Gasteiger partial charge in [0.05, 0.1) is 0 Å². The van der Waals surface area contributed by atoms with Gasteiger partial charge in [0, 0.05) is 16.7 Å². The van der Waals surface area contributed by atoms with Gasteiger partial charge in [-0.05, 0) is 42.4 Å². The summed E-state index contributed by atoms with van der Waals surface area (Å²) in [6.45, 7) is 1.88. The number of hydrogen-bond acceptors (Lipinski definition) is 2. The summed E-state index contributed by atoms with van der Waals surface area (Å²) in [6, 6.07) is 12.5. The Balaban J connectivity index is 2.13. The first kappa shape index (κ1) is 14.8. The molecule has 0 saturated carbocycles. The minimum absolute atomic E-state index is 0.145. The van der Waals surface area contributed by atoms with E-state index in [9.17, 15) is 13.7 Å². The molecule has 0 spiro atoms. The lowest BCUT2D eigenvalue weighted by atomic mass is 10.0. The lowest BCUT2D eigenvalue weighted by Gasteiger charge is -2.08. The number of hydrogen-bond donors (Lipinski definition) is 0. The monoisotopic (exact) mass is 290 g/mol. The lowest BCUT2D eigenvalue weighted by Crippen LogP contribution is -2.07. The van der Waals surface area contributed by atoms with Crippen molar-refractivity contribution in [2.75, 3.05) is 5.75 Å². The molecule has 2 aromatic rings. The average Bonchev–Trinajstić information content (AvgIpc) is 2.48. The second-order valence-electron chi connectivity index (χ2n) is 4.41. The molecule has 0 N–H and O–H groups in total. The molecule has 1 atom stereocenters. The molecule has 0 radical (unpaired) electrons. The second kappa shape index (κ2) is 6.68. The molecule has 20 heavy (non-hydrogen) atoms. The number of rotatable bonds is 5. The van der Waals surface area contributed by atoms with Gasteiger partial charge >= 0.3 is 0 Å². The summed E-state index contributed by atoms with van der Waals surface area (Å²) in [7, 11) is 0. The Hall–Kier alpha value is -1.65.